The Morgan fingerprint density at radius 3 is 2.68 bits per heavy atom. The predicted molar refractivity (Wildman–Crippen MR) is 64.6 cm³/mol. The van der Waals surface area contributed by atoms with Gasteiger partial charge in [0.2, 0.25) is 11.4 Å². The van der Waals surface area contributed by atoms with Crippen LogP contribution in [0.3, 0.4) is 0 Å². The zero-order valence-corrected chi connectivity index (χ0v) is 10.7. The molecule has 0 unspecified atom stereocenters. The third-order valence-corrected chi connectivity index (χ3v) is 3.47. The second-order valence-corrected chi connectivity index (χ2v) is 5.23. The minimum absolute atomic E-state index is 0.0239. The van der Waals surface area contributed by atoms with Crippen molar-refractivity contribution in [2.45, 2.75) is 11.8 Å². The maximum Gasteiger partial charge on any atom is 0.276 e. The summed E-state index contributed by atoms with van der Waals surface area (Å²) in [7, 11) is -3.75. The number of hydrogen-bond acceptors (Lipinski definition) is 6. The van der Waals surface area contributed by atoms with Crippen LogP contribution >= 0.6 is 0 Å². The van der Waals surface area contributed by atoms with Gasteiger partial charge in [-0.1, -0.05) is 18.2 Å². The van der Waals surface area contributed by atoms with Crippen LogP contribution in [-0.4, -0.2) is 19.8 Å². The van der Waals surface area contributed by atoms with E-state index in [9.17, 15) is 13.6 Å². The van der Waals surface area contributed by atoms with E-state index in [-0.39, 0.29) is 15.5 Å². The summed E-state index contributed by atoms with van der Waals surface area (Å²) in [6, 6.07) is 7.73. The Morgan fingerprint density at radius 2 is 2.11 bits per heavy atom. The standard InChI is InChI=1S/C10H10N4O4S/c1-8-10(14(15)18-12-8)7-11-13-19(16,17)9-5-3-2-4-6-9/h2-7,13H,1H3/b11-7-. The summed E-state index contributed by atoms with van der Waals surface area (Å²) < 4.78 is 27.9. The first-order valence-corrected chi connectivity index (χ1v) is 6.65. The third kappa shape index (κ3) is 2.88. The number of nitrogens with one attached hydrogen (secondary N) is 1. The minimum atomic E-state index is -3.75. The van der Waals surface area contributed by atoms with Crippen LogP contribution < -0.4 is 9.73 Å². The lowest BCUT2D eigenvalue weighted by atomic mass is 10.4. The lowest BCUT2D eigenvalue weighted by Gasteiger charge is -2.01. The van der Waals surface area contributed by atoms with E-state index in [1.165, 1.54) is 19.1 Å². The van der Waals surface area contributed by atoms with E-state index >= 15 is 0 Å². The normalized spacial score (nSPS) is 11.8. The second-order valence-electron chi connectivity index (χ2n) is 3.57. The molecule has 2 rings (SSSR count). The molecule has 0 radical (unpaired) electrons. The molecule has 1 N–H and O–H groups in total. The van der Waals surface area contributed by atoms with Gasteiger partial charge in [0.1, 0.15) is 6.21 Å². The van der Waals surface area contributed by atoms with Crippen LogP contribution in [0, 0.1) is 12.1 Å². The Hall–Kier alpha value is -2.42. The summed E-state index contributed by atoms with van der Waals surface area (Å²) in [4.78, 5) is 2.20. The Kier molecular flexibility index (Phi) is 3.47. The molecule has 2 aromatic rings. The highest BCUT2D eigenvalue weighted by atomic mass is 32.2. The molecule has 0 aliphatic heterocycles. The fraction of sp³-hybridized carbons (Fsp3) is 0.100. The van der Waals surface area contributed by atoms with Crippen molar-refractivity contribution in [2.75, 3.05) is 0 Å². The minimum Gasteiger partial charge on any atom is -0.359 e. The fourth-order valence-electron chi connectivity index (χ4n) is 1.27. The average molecular weight is 282 g/mol. The summed E-state index contributed by atoms with van der Waals surface area (Å²) in [5.41, 5.74) is 0.327. The molecule has 0 aliphatic rings. The van der Waals surface area contributed by atoms with Gasteiger partial charge in [-0.05, 0) is 17.0 Å². The van der Waals surface area contributed by atoms with E-state index in [0.717, 1.165) is 6.21 Å². The SMILES string of the molecule is Cc1no[n+]([O-])c1/C=N\NS(=O)(=O)c1ccccc1. The van der Waals surface area contributed by atoms with Gasteiger partial charge in [-0.2, -0.15) is 18.4 Å². The average Bonchev–Trinajstić information content (AvgIpc) is 2.71. The topological polar surface area (TPSA) is 112 Å². The van der Waals surface area contributed by atoms with E-state index in [1.54, 1.807) is 18.2 Å². The van der Waals surface area contributed by atoms with Gasteiger partial charge in [0, 0.05) is 12.1 Å². The van der Waals surface area contributed by atoms with Gasteiger partial charge in [0.25, 0.3) is 10.0 Å². The van der Waals surface area contributed by atoms with Crippen molar-refractivity contribution >= 4 is 16.2 Å². The van der Waals surface area contributed by atoms with Crippen molar-refractivity contribution in [3.05, 3.63) is 46.9 Å². The lowest BCUT2D eigenvalue weighted by molar-refractivity contribution is -0.803. The molecule has 1 aromatic heterocycles. The maximum absolute atomic E-state index is 11.8. The summed E-state index contributed by atoms with van der Waals surface area (Å²) >= 11 is 0. The predicted octanol–water partition coefficient (Wildman–Crippen LogP) is -0.0712. The molecule has 19 heavy (non-hydrogen) atoms. The number of hydrazone groups is 1. The molecule has 8 nitrogen and oxygen atoms in total. The number of hydrogen-bond donors (Lipinski definition) is 1. The molecule has 1 aromatic carbocycles. The van der Waals surface area contributed by atoms with E-state index < -0.39 is 10.0 Å². The Labute approximate surface area is 108 Å². The molecule has 0 saturated heterocycles. The summed E-state index contributed by atoms with van der Waals surface area (Å²) in [5, 5.41) is 18.0. The first-order valence-electron chi connectivity index (χ1n) is 5.17. The van der Waals surface area contributed by atoms with Crippen LogP contribution in [0.5, 0.6) is 0 Å². The first-order chi connectivity index (χ1) is 9.00. The van der Waals surface area contributed by atoms with Gasteiger partial charge < -0.3 is 5.21 Å². The molecule has 100 valence electrons. The van der Waals surface area contributed by atoms with Crippen LogP contribution in [0.15, 0.2) is 45.0 Å². The Morgan fingerprint density at radius 1 is 1.42 bits per heavy atom. The molecule has 0 fully saturated rings. The summed E-state index contributed by atoms with van der Waals surface area (Å²) in [6.45, 7) is 1.53. The first kappa shape index (κ1) is 13.0. The molecule has 0 spiro atoms. The second kappa shape index (κ2) is 5.06. The van der Waals surface area contributed by atoms with Crippen molar-refractivity contribution in [3.63, 3.8) is 0 Å². The Bertz CT molecular complexity index is 674. The van der Waals surface area contributed by atoms with Crippen molar-refractivity contribution in [3.8, 4) is 0 Å². The number of benzene rings is 1. The highest BCUT2D eigenvalue weighted by Crippen LogP contribution is 2.06. The monoisotopic (exact) mass is 282 g/mol. The number of aryl methyl sites for hydroxylation is 1. The molecule has 0 bridgehead atoms. The fourth-order valence-corrected chi connectivity index (χ4v) is 2.08. The highest BCUT2D eigenvalue weighted by Gasteiger charge is 2.14. The lowest BCUT2D eigenvalue weighted by Crippen LogP contribution is -2.29. The molecule has 9 heteroatoms. The van der Waals surface area contributed by atoms with Gasteiger partial charge in [0.05, 0.1) is 4.90 Å². The number of nitrogens with zero attached hydrogens (tertiary/aromatic N) is 3. The van der Waals surface area contributed by atoms with Gasteiger partial charge in [-0.25, -0.2) is 0 Å². The molecule has 0 aliphatic carbocycles. The van der Waals surface area contributed by atoms with E-state index in [2.05, 4.69) is 14.9 Å². The van der Waals surface area contributed by atoms with Gasteiger partial charge in [-0.15, -0.1) is 0 Å². The zero-order chi connectivity index (χ0) is 13.9. The molecule has 0 saturated carbocycles. The highest BCUT2D eigenvalue weighted by molar-refractivity contribution is 7.89. The van der Waals surface area contributed by atoms with Gasteiger partial charge >= 0.3 is 0 Å². The van der Waals surface area contributed by atoms with Crippen molar-refractivity contribution in [1.29, 1.82) is 0 Å². The summed E-state index contributed by atoms with van der Waals surface area (Å²) in [6.07, 6.45) is 1.03. The number of aromatic nitrogens is 2. The smallest absolute Gasteiger partial charge is 0.276 e. The zero-order valence-electron chi connectivity index (χ0n) is 9.85. The molecular weight excluding hydrogens is 272 g/mol. The third-order valence-electron chi connectivity index (χ3n) is 2.23. The number of sulfonamides is 1. The Balaban J connectivity index is 2.15. The van der Waals surface area contributed by atoms with Crippen LogP contribution in [0.2, 0.25) is 0 Å². The maximum atomic E-state index is 11.8. The van der Waals surface area contributed by atoms with Crippen LogP contribution in [-0.2, 0) is 10.0 Å². The van der Waals surface area contributed by atoms with Gasteiger partial charge in [0.15, 0.2) is 0 Å². The van der Waals surface area contributed by atoms with E-state index in [4.69, 9.17) is 0 Å². The molecular formula is C10H10N4O4S. The van der Waals surface area contributed by atoms with Crippen molar-refractivity contribution in [2.24, 2.45) is 5.10 Å². The van der Waals surface area contributed by atoms with Crippen LogP contribution in [0.25, 0.3) is 0 Å². The number of rotatable bonds is 4. The van der Waals surface area contributed by atoms with Gasteiger partial charge in [-0.3, -0.25) is 4.63 Å². The van der Waals surface area contributed by atoms with Crippen molar-refractivity contribution in [1.82, 2.24) is 9.99 Å². The molecule has 0 atom stereocenters. The largest absolute Gasteiger partial charge is 0.359 e. The molecule has 0 amide bonds. The van der Waals surface area contributed by atoms with Crippen LogP contribution in [0.4, 0.5) is 0 Å². The van der Waals surface area contributed by atoms with E-state index in [1.807, 2.05) is 4.83 Å². The van der Waals surface area contributed by atoms with E-state index in [0.29, 0.717) is 5.69 Å². The van der Waals surface area contributed by atoms with Crippen molar-refractivity contribution < 1.29 is 17.9 Å². The summed E-state index contributed by atoms with van der Waals surface area (Å²) in [5.74, 6) is 0. The quantitative estimate of drug-likeness (QED) is 0.479. The molecule has 1 heterocycles. The van der Waals surface area contributed by atoms with Crippen LogP contribution in [0.1, 0.15) is 11.4 Å².